The highest BCUT2D eigenvalue weighted by Crippen LogP contribution is 2.29. The first kappa shape index (κ1) is 18.5. The van der Waals surface area contributed by atoms with E-state index in [2.05, 4.69) is 15.9 Å². The fraction of sp³-hybridized carbons (Fsp3) is 0.235. The lowest BCUT2D eigenvalue weighted by atomic mass is 10.1. The Morgan fingerprint density at radius 2 is 1.75 bits per heavy atom. The van der Waals surface area contributed by atoms with Gasteiger partial charge < -0.3 is 5.11 Å². The number of nitrogens with zero attached hydrogens (tertiary/aromatic N) is 1. The molecule has 2 aromatic rings. The molecule has 0 radical (unpaired) electrons. The molecule has 0 aromatic heterocycles. The summed E-state index contributed by atoms with van der Waals surface area (Å²) in [4.78, 5) is 11.1. The van der Waals surface area contributed by atoms with Crippen LogP contribution in [0.15, 0.2) is 51.8 Å². The topological polar surface area (TPSA) is 74.7 Å². The summed E-state index contributed by atoms with van der Waals surface area (Å²) in [6.45, 7) is 3.59. The Morgan fingerprint density at radius 1 is 1.12 bits per heavy atom. The minimum absolute atomic E-state index is 0.122. The van der Waals surface area contributed by atoms with Crippen LogP contribution in [0.3, 0.4) is 0 Å². The molecule has 0 unspecified atom stereocenters. The minimum atomic E-state index is -3.86. The fourth-order valence-electron chi connectivity index (χ4n) is 2.31. The molecule has 2 rings (SSSR count). The van der Waals surface area contributed by atoms with Gasteiger partial charge in [-0.25, -0.2) is 8.42 Å². The molecule has 0 aliphatic heterocycles. The van der Waals surface area contributed by atoms with Gasteiger partial charge in [0.1, 0.15) is 0 Å². The van der Waals surface area contributed by atoms with Crippen molar-refractivity contribution in [1.82, 2.24) is 0 Å². The van der Waals surface area contributed by atoms with E-state index in [4.69, 9.17) is 5.11 Å². The van der Waals surface area contributed by atoms with Crippen LogP contribution in [-0.2, 0) is 14.8 Å². The smallest absolute Gasteiger partial charge is 0.305 e. The number of hydrogen-bond donors (Lipinski definition) is 1. The van der Waals surface area contributed by atoms with Crippen molar-refractivity contribution in [2.24, 2.45) is 0 Å². The number of carboxylic acids is 1. The van der Waals surface area contributed by atoms with Gasteiger partial charge in [0.2, 0.25) is 0 Å². The fourth-order valence-corrected chi connectivity index (χ4v) is 4.09. The summed E-state index contributed by atoms with van der Waals surface area (Å²) in [5.41, 5.74) is 2.25. The molecule has 128 valence electrons. The Hall–Kier alpha value is -1.86. The van der Waals surface area contributed by atoms with Gasteiger partial charge in [-0.3, -0.25) is 9.10 Å². The summed E-state index contributed by atoms with van der Waals surface area (Å²) < 4.78 is 28.0. The van der Waals surface area contributed by atoms with E-state index in [0.717, 1.165) is 15.6 Å². The van der Waals surface area contributed by atoms with Crippen LogP contribution < -0.4 is 4.31 Å². The average Bonchev–Trinajstić information content (AvgIpc) is 2.51. The van der Waals surface area contributed by atoms with Crippen molar-refractivity contribution in [3.8, 4) is 0 Å². The SMILES string of the molecule is Cc1cccc(N(CCC(=O)O)S(=O)(=O)c2ccc(Br)cc2)c1C. The molecule has 0 saturated heterocycles. The second-order valence-corrected chi connectivity index (χ2v) is 8.17. The van der Waals surface area contributed by atoms with Crippen molar-refractivity contribution in [3.63, 3.8) is 0 Å². The molecule has 0 aliphatic rings. The third kappa shape index (κ3) is 3.96. The zero-order chi connectivity index (χ0) is 17.9. The van der Waals surface area contributed by atoms with Crippen molar-refractivity contribution >= 4 is 37.6 Å². The minimum Gasteiger partial charge on any atom is -0.481 e. The van der Waals surface area contributed by atoms with E-state index in [-0.39, 0.29) is 17.9 Å². The number of halogens is 1. The number of carbonyl (C=O) groups is 1. The number of carboxylic acid groups (broad SMARTS) is 1. The van der Waals surface area contributed by atoms with E-state index < -0.39 is 16.0 Å². The summed E-state index contributed by atoms with van der Waals surface area (Å²) in [5, 5.41) is 8.98. The molecule has 0 bridgehead atoms. The summed E-state index contributed by atoms with van der Waals surface area (Å²) in [6, 6.07) is 11.6. The van der Waals surface area contributed by atoms with Gasteiger partial charge in [0.05, 0.1) is 17.0 Å². The van der Waals surface area contributed by atoms with Gasteiger partial charge in [0, 0.05) is 11.0 Å². The van der Waals surface area contributed by atoms with Crippen molar-refractivity contribution in [2.75, 3.05) is 10.8 Å². The third-order valence-electron chi connectivity index (χ3n) is 3.78. The molecule has 2 aromatic carbocycles. The van der Waals surface area contributed by atoms with E-state index in [0.29, 0.717) is 5.69 Å². The number of aryl methyl sites for hydroxylation is 1. The average molecular weight is 412 g/mol. The highest BCUT2D eigenvalue weighted by Gasteiger charge is 2.26. The Kier molecular flexibility index (Phi) is 5.66. The number of benzene rings is 2. The van der Waals surface area contributed by atoms with Crippen LogP contribution in [0.2, 0.25) is 0 Å². The van der Waals surface area contributed by atoms with E-state index in [1.807, 2.05) is 19.9 Å². The van der Waals surface area contributed by atoms with Crippen LogP contribution in [0.25, 0.3) is 0 Å². The van der Waals surface area contributed by atoms with Crippen LogP contribution in [-0.4, -0.2) is 26.0 Å². The molecule has 0 saturated carbocycles. The standard InChI is InChI=1S/C17H18BrNO4S/c1-12-4-3-5-16(13(12)2)19(11-10-17(20)21)24(22,23)15-8-6-14(18)7-9-15/h3-9H,10-11H2,1-2H3,(H,20,21). The third-order valence-corrected chi connectivity index (χ3v) is 6.13. The highest BCUT2D eigenvalue weighted by molar-refractivity contribution is 9.10. The Labute approximate surface area is 150 Å². The predicted molar refractivity (Wildman–Crippen MR) is 96.8 cm³/mol. The van der Waals surface area contributed by atoms with Crippen molar-refractivity contribution in [1.29, 1.82) is 0 Å². The normalized spacial score (nSPS) is 11.3. The zero-order valence-electron chi connectivity index (χ0n) is 13.4. The van der Waals surface area contributed by atoms with Crippen LogP contribution >= 0.6 is 15.9 Å². The van der Waals surface area contributed by atoms with E-state index in [9.17, 15) is 13.2 Å². The Morgan fingerprint density at radius 3 is 2.33 bits per heavy atom. The summed E-state index contributed by atoms with van der Waals surface area (Å²) in [6.07, 6.45) is -0.275. The van der Waals surface area contributed by atoms with Crippen LogP contribution in [0, 0.1) is 13.8 Å². The first-order chi connectivity index (χ1) is 11.2. The Balaban J connectivity index is 2.55. The first-order valence-corrected chi connectivity index (χ1v) is 9.53. The van der Waals surface area contributed by atoms with Crippen molar-refractivity contribution in [2.45, 2.75) is 25.2 Å². The number of rotatable bonds is 6. The predicted octanol–water partition coefficient (Wildman–Crippen LogP) is 3.74. The molecule has 0 amide bonds. The molecule has 24 heavy (non-hydrogen) atoms. The maximum atomic E-state index is 13.0. The van der Waals surface area contributed by atoms with Gasteiger partial charge in [0.25, 0.3) is 10.0 Å². The van der Waals surface area contributed by atoms with Gasteiger partial charge in [-0.05, 0) is 55.3 Å². The van der Waals surface area contributed by atoms with E-state index in [1.54, 1.807) is 24.3 Å². The number of sulfonamides is 1. The largest absolute Gasteiger partial charge is 0.481 e. The van der Waals surface area contributed by atoms with Crippen LogP contribution in [0.4, 0.5) is 5.69 Å². The van der Waals surface area contributed by atoms with Crippen molar-refractivity contribution < 1.29 is 18.3 Å². The van der Waals surface area contributed by atoms with Gasteiger partial charge in [-0.2, -0.15) is 0 Å². The van der Waals surface area contributed by atoms with Gasteiger partial charge in [-0.1, -0.05) is 28.1 Å². The molecule has 0 heterocycles. The summed E-state index contributed by atoms with van der Waals surface area (Å²) in [7, 11) is -3.86. The number of aliphatic carboxylic acids is 1. The van der Waals surface area contributed by atoms with Gasteiger partial charge >= 0.3 is 5.97 Å². The molecule has 0 aliphatic carbocycles. The second kappa shape index (κ2) is 7.36. The van der Waals surface area contributed by atoms with Gasteiger partial charge in [0.15, 0.2) is 0 Å². The monoisotopic (exact) mass is 411 g/mol. The van der Waals surface area contributed by atoms with Crippen LogP contribution in [0.1, 0.15) is 17.5 Å². The zero-order valence-corrected chi connectivity index (χ0v) is 15.8. The second-order valence-electron chi connectivity index (χ2n) is 5.39. The summed E-state index contributed by atoms with van der Waals surface area (Å²) >= 11 is 3.28. The molecule has 0 fully saturated rings. The molecular weight excluding hydrogens is 394 g/mol. The first-order valence-electron chi connectivity index (χ1n) is 7.30. The van der Waals surface area contributed by atoms with E-state index in [1.165, 1.54) is 16.4 Å². The molecule has 7 heteroatoms. The molecule has 5 nitrogen and oxygen atoms in total. The number of hydrogen-bond acceptors (Lipinski definition) is 3. The maximum Gasteiger partial charge on any atom is 0.305 e. The molecular formula is C17H18BrNO4S. The lowest BCUT2D eigenvalue weighted by Crippen LogP contribution is -2.33. The Bertz CT molecular complexity index is 847. The van der Waals surface area contributed by atoms with Crippen LogP contribution in [0.5, 0.6) is 0 Å². The molecule has 0 atom stereocenters. The molecule has 0 spiro atoms. The number of anilines is 1. The quantitative estimate of drug-likeness (QED) is 0.785. The maximum absolute atomic E-state index is 13.0. The lowest BCUT2D eigenvalue weighted by molar-refractivity contribution is -0.136. The van der Waals surface area contributed by atoms with E-state index >= 15 is 0 Å². The van der Waals surface area contributed by atoms with Crippen molar-refractivity contribution in [3.05, 3.63) is 58.1 Å². The van der Waals surface area contributed by atoms with Gasteiger partial charge in [-0.15, -0.1) is 0 Å². The molecule has 1 N–H and O–H groups in total. The highest BCUT2D eigenvalue weighted by atomic mass is 79.9. The summed E-state index contributed by atoms with van der Waals surface area (Å²) in [5.74, 6) is -1.05. The lowest BCUT2D eigenvalue weighted by Gasteiger charge is -2.26.